The third kappa shape index (κ3) is 2.39. The molecule has 1 aromatic rings. The third-order valence-electron chi connectivity index (χ3n) is 3.76. The normalized spacial score (nSPS) is 27.1. The SMILES string of the molecule is O=C(O)C1CCn2nc(CC3CCSC3)nc2C1. The molecule has 0 amide bonds. The lowest BCUT2D eigenvalue weighted by Crippen LogP contribution is -2.26. The number of carboxylic acids is 1. The number of hydrogen-bond acceptors (Lipinski definition) is 4. The molecule has 1 fully saturated rings. The van der Waals surface area contributed by atoms with Crippen molar-refractivity contribution in [2.45, 2.75) is 32.2 Å². The molecule has 0 radical (unpaired) electrons. The van der Waals surface area contributed by atoms with Gasteiger partial charge >= 0.3 is 5.97 Å². The number of fused-ring (bicyclic) bond motifs is 1. The fourth-order valence-electron chi connectivity index (χ4n) is 2.66. The number of aromatic nitrogens is 3. The second-order valence-electron chi connectivity index (χ2n) is 5.13. The molecule has 98 valence electrons. The Balaban J connectivity index is 1.70. The predicted octanol–water partition coefficient (Wildman–Crippen LogP) is 1.22. The van der Waals surface area contributed by atoms with Crippen LogP contribution < -0.4 is 0 Å². The van der Waals surface area contributed by atoms with Crippen molar-refractivity contribution in [3.05, 3.63) is 11.6 Å². The quantitative estimate of drug-likeness (QED) is 0.892. The molecule has 1 saturated heterocycles. The molecule has 0 saturated carbocycles. The Morgan fingerprint density at radius 2 is 2.39 bits per heavy atom. The van der Waals surface area contributed by atoms with Gasteiger partial charge < -0.3 is 5.11 Å². The maximum atomic E-state index is 11.0. The van der Waals surface area contributed by atoms with Crippen LogP contribution in [-0.4, -0.2) is 37.3 Å². The van der Waals surface area contributed by atoms with E-state index < -0.39 is 5.97 Å². The van der Waals surface area contributed by atoms with Gasteiger partial charge in [0.05, 0.1) is 5.92 Å². The van der Waals surface area contributed by atoms with Gasteiger partial charge in [-0.25, -0.2) is 9.67 Å². The number of nitrogens with zero attached hydrogens (tertiary/aromatic N) is 3. The van der Waals surface area contributed by atoms with Crippen molar-refractivity contribution < 1.29 is 9.90 Å². The molecule has 0 aromatic carbocycles. The van der Waals surface area contributed by atoms with Gasteiger partial charge in [-0.05, 0) is 30.3 Å². The second-order valence-corrected chi connectivity index (χ2v) is 6.28. The summed E-state index contributed by atoms with van der Waals surface area (Å²) in [5.41, 5.74) is 0. The van der Waals surface area contributed by atoms with Crippen molar-refractivity contribution in [3.8, 4) is 0 Å². The van der Waals surface area contributed by atoms with Crippen LogP contribution in [0.1, 0.15) is 24.5 Å². The molecule has 1 N–H and O–H groups in total. The van der Waals surface area contributed by atoms with Crippen molar-refractivity contribution in [1.29, 1.82) is 0 Å². The maximum Gasteiger partial charge on any atom is 0.307 e. The highest BCUT2D eigenvalue weighted by molar-refractivity contribution is 7.99. The first kappa shape index (κ1) is 12.0. The summed E-state index contributed by atoms with van der Waals surface area (Å²) in [6.45, 7) is 0.693. The van der Waals surface area contributed by atoms with Gasteiger partial charge in [0.15, 0.2) is 5.82 Å². The second kappa shape index (κ2) is 4.91. The summed E-state index contributed by atoms with van der Waals surface area (Å²) in [4.78, 5) is 15.5. The molecule has 3 rings (SSSR count). The Labute approximate surface area is 110 Å². The van der Waals surface area contributed by atoms with Crippen LogP contribution in [0, 0.1) is 11.8 Å². The molecule has 5 nitrogen and oxygen atoms in total. The minimum atomic E-state index is -0.710. The summed E-state index contributed by atoms with van der Waals surface area (Å²) in [5, 5.41) is 13.6. The van der Waals surface area contributed by atoms with Crippen LogP contribution in [0.3, 0.4) is 0 Å². The molecule has 2 unspecified atom stereocenters. The van der Waals surface area contributed by atoms with E-state index >= 15 is 0 Å². The van der Waals surface area contributed by atoms with Gasteiger partial charge in [-0.15, -0.1) is 0 Å². The minimum absolute atomic E-state index is 0.281. The molecular formula is C12H17N3O2S. The fourth-order valence-corrected chi connectivity index (χ4v) is 3.94. The van der Waals surface area contributed by atoms with Crippen molar-refractivity contribution in [1.82, 2.24) is 14.8 Å². The van der Waals surface area contributed by atoms with Crippen LogP contribution in [0.25, 0.3) is 0 Å². The van der Waals surface area contributed by atoms with Crippen molar-refractivity contribution in [2.24, 2.45) is 11.8 Å². The minimum Gasteiger partial charge on any atom is -0.481 e. The number of carboxylic acid groups (broad SMARTS) is 1. The molecule has 0 aliphatic carbocycles. The molecule has 2 aliphatic heterocycles. The van der Waals surface area contributed by atoms with Crippen LogP contribution in [0.2, 0.25) is 0 Å². The van der Waals surface area contributed by atoms with E-state index in [0.29, 0.717) is 25.3 Å². The molecule has 2 aliphatic rings. The monoisotopic (exact) mass is 267 g/mol. The molecule has 2 atom stereocenters. The van der Waals surface area contributed by atoms with Crippen LogP contribution in [-0.2, 0) is 24.2 Å². The molecule has 18 heavy (non-hydrogen) atoms. The van der Waals surface area contributed by atoms with Gasteiger partial charge in [0.25, 0.3) is 0 Å². The third-order valence-corrected chi connectivity index (χ3v) is 4.99. The molecule has 0 spiro atoms. The maximum absolute atomic E-state index is 11.0. The number of carbonyl (C=O) groups is 1. The van der Waals surface area contributed by atoms with E-state index in [1.165, 1.54) is 17.9 Å². The van der Waals surface area contributed by atoms with E-state index in [4.69, 9.17) is 5.11 Å². The predicted molar refractivity (Wildman–Crippen MR) is 68.6 cm³/mol. The zero-order chi connectivity index (χ0) is 12.5. The van der Waals surface area contributed by atoms with Crippen molar-refractivity contribution in [3.63, 3.8) is 0 Å². The average Bonchev–Trinajstić information content (AvgIpc) is 2.96. The Morgan fingerprint density at radius 3 is 3.11 bits per heavy atom. The van der Waals surface area contributed by atoms with Crippen molar-refractivity contribution in [2.75, 3.05) is 11.5 Å². The first-order valence-electron chi connectivity index (χ1n) is 6.45. The van der Waals surface area contributed by atoms with Crippen LogP contribution in [0.5, 0.6) is 0 Å². The Bertz CT molecular complexity index is 454. The summed E-state index contributed by atoms with van der Waals surface area (Å²) >= 11 is 2.00. The van der Waals surface area contributed by atoms with E-state index in [1.54, 1.807) is 0 Å². The highest BCUT2D eigenvalue weighted by Gasteiger charge is 2.27. The molecule has 1 aromatic heterocycles. The largest absolute Gasteiger partial charge is 0.481 e. The average molecular weight is 267 g/mol. The number of thioether (sulfide) groups is 1. The fraction of sp³-hybridized carbons (Fsp3) is 0.750. The van der Waals surface area contributed by atoms with Crippen molar-refractivity contribution >= 4 is 17.7 Å². The summed E-state index contributed by atoms with van der Waals surface area (Å²) < 4.78 is 1.90. The standard InChI is InChI=1S/C12H17N3O2S/c16-12(17)9-1-3-15-11(6-9)13-10(14-15)5-8-2-4-18-7-8/h8-9H,1-7H2,(H,16,17). The molecule has 6 heteroatoms. The van der Waals surface area contributed by atoms with Gasteiger partial charge in [-0.2, -0.15) is 16.9 Å². The number of rotatable bonds is 3. The van der Waals surface area contributed by atoms with E-state index in [2.05, 4.69) is 10.1 Å². The first-order chi connectivity index (χ1) is 8.72. The first-order valence-corrected chi connectivity index (χ1v) is 7.61. The highest BCUT2D eigenvalue weighted by atomic mass is 32.2. The topological polar surface area (TPSA) is 68.0 Å². The van der Waals surface area contributed by atoms with Gasteiger partial charge in [0.1, 0.15) is 5.82 Å². The van der Waals surface area contributed by atoms with Gasteiger partial charge in [-0.3, -0.25) is 4.79 Å². The lowest BCUT2D eigenvalue weighted by atomic mass is 9.98. The molecular weight excluding hydrogens is 250 g/mol. The summed E-state index contributed by atoms with van der Waals surface area (Å²) in [6, 6.07) is 0. The number of hydrogen-bond donors (Lipinski definition) is 1. The number of aliphatic carboxylic acids is 1. The Kier molecular flexibility index (Phi) is 3.28. The van der Waals surface area contributed by atoms with Gasteiger partial charge in [0, 0.05) is 19.4 Å². The van der Waals surface area contributed by atoms with Crippen LogP contribution in [0.4, 0.5) is 0 Å². The van der Waals surface area contributed by atoms with Crippen LogP contribution in [0.15, 0.2) is 0 Å². The van der Waals surface area contributed by atoms with Crippen LogP contribution >= 0.6 is 11.8 Å². The lowest BCUT2D eigenvalue weighted by Gasteiger charge is -2.17. The zero-order valence-electron chi connectivity index (χ0n) is 10.2. The number of aryl methyl sites for hydroxylation is 1. The van der Waals surface area contributed by atoms with E-state index in [9.17, 15) is 4.79 Å². The zero-order valence-corrected chi connectivity index (χ0v) is 11.0. The Hall–Kier alpha value is -1.04. The lowest BCUT2D eigenvalue weighted by molar-refractivity contribution is -0.142. The molecule has 0 bridgehead atoms. The Morgan fingerprint density at radius 1 is 1.50 bits per heavy atom. The van der Waals surface area contributed by atoms with E-state index in [-0.39, 0.29) is 5.92 Å². The van der Waals surface area contributed by atoms with Gasteiger partial charge in [0.2, 0.25) is 0 Å². The van der Waals surface area contributed by atoms with Gasteiger partial charge in [-0.1, -0.05) is 0 Å². The highest BCUT2D eigenvalue weighted by Crippen LogP contribution is 2.26. The summed E-state index contributed by atoms with van der Waals surface area (Å²) in [6.07, 6.45) is 3.41. The van der Waals surface area contributed by atoms with E-state index in [0.717, 1.165) is 18.1 Å². The smallest absolute Gasteiger partial charge is 0.307 e. The summed E-state index contributed by atoms with van der Waals surface area (Å²) in [7, 11) is 0. The summed E-state index contributed by atoms with van der Waals surface area (Å²) in [5.74, 6) is 3.93. The van der Waals surface area contributed by atoms with E-state index in [1.807, 2.05) is 16.4 Å². The molecule has 3 heterocycles.